The third-order valence-corrected chi connectivity index (χ3v) is 4.00. The van der Waals surface area contributed by atoms with Crippen LogP contribution in [0.4, 0.5) is 0 Å². The van der Waals surface area contributed by atoms with Gasteiger partial charge in [-0.3, -0.25) is 0 Å². The van der Waals surface area contributed by atoms with Crippen molar-refractivity contribution in [2.24, 2.45) is 0 Å². The van der Waals surface area contributed by atoms with E-state index in [1.165, 1.54) is 16.9 Å². The second-order valence-corrected chi connectivity index (χ2v) is 5.63. The molecule has 1 nitrogen and oxygen atoms in total. The van der Waals surface area contributed by atoms with E-state index >= 15 is 0 Å². The first-order chi connectivity index (χ1) is 9.45. The first-order valence-electron chi connectivity index (χ1n) is 6.81. The van der Waals surface area contributed by atoms with E-state index in [2.05, 4.69) is 66.0 Å². The Morgan fingerprint density at radius 3 is 2.05 bits per heavy atom. The fourth-order valence-corrected chi connectivity index (χ4v) is 2.77. The summed E-state index contributed by atoms with van der Waals surface area (Å²) in [5.74, 6) is 2.28. The summed E-state index contributed by atoms with van der Waals surface area (Å²) in [5.41, 5.74) is 2.82. The van der Waals surface area contributed by atoms with Crippen LogP contribution in [-0.2, 0) is 12.2 Å². The third-order valence-electron chi connectivity index (χ3n) is 2.97. The molecular weight excluding hydrogens is 250 g/mol. The predicted molar refractivity (Wildman–Crippen MR) is 85.6 cm³/mol. The molecule has 0 aromatic heterocycles. The fraction of sp³-hybridized carbons (Fsp3) is 0.294. The van der Waals surface area contributed by atoms with Crippen molar-refractivity contribution in [3.8, 4) is 0 Å². The Morgan fingerprint density at radius 2 is 1.37 bits per heavy atom. The van der Waals surface area contributed by atoms with E-state index in [0.717, 1.165) is 25.3 Å². The highest BCUT2D eigenvalue weighted by atomic mass is 32.2. The zero-order valence-electron chi connectivity index (χ0n) is 11.2. The van der Waals surface area contributed by atoms with Gasteiger partial charge in [0.15, 0.2) is 0 Å². The lowest BCUT2D eigenvalue weighted by Gasteiger charge is -2.05. The van der Waals surface area contributed by atoms with E-state index in [1.54, 1.807) is 0 Å². The van der Waals surface area contributed by atoms with E-state index in [4.69, 9.17) is 0 Å². The van der Waals surface area contributed by atoms with E-state index in [0.29, 0.717) is 0 Å². The average Bonchev–Trinajstić information content (AvgIpc) is 2.48. The minimum Gasteiger partial charge on any atom is -0.316 e. The average molecular weight is 271 g/mol. The SMILES string of the molecule is c1ccc(CCNCCSCc2ccccc2)cc1. The van der Waals surface area contributed by atoms with Gasteiger partial charge in [-0.1, -0.05) is 60.7 Å². The number of benzene rings is 2. The van der Waals surface area contributed by atoms with Crippen LogP contribution in [0.15, 0.2) is 60.7 Å². The number of thioether (sulfide) groups is 1. The highest BCUT2D eigenvalue weighted by molar-refractivity contribution is 7.98. The molecule has 19 heavy (non-hydrogen) atoms. The van der Waals surface area contributed by atoms with Crippen LogP contribution in [0, 0.1) is 0 Å². The summed E-state index contributed by atoms with van der Waals surface area (Å²) < 4.78 is 0. The van der Waals surface area contributed by atoms with Crippen LogP contribution < -0.4 is 5.32 Å². The molecule has 100 valence electrons. The predicted octanol–water partition coefficient (Wildman–Crippen LogP) is 3.75. The van der Waals surface area contributed by atoms with Crippen molar-refractivity contribution in [2.45, 2.75) is 12.2 Å². The number of hydrogen-bond acceptors (Lipinski definition) is 2. The van der Waals surface area contributed by atoms with Gasteiger partial charge in [-0.15, -0.1) is 0 Å². The van der Waals surface area contributed by atoms with Crippen LogP contribution in [0.5, 0.6) is 0 Å². The molecule has 0 unspecified atom stereocenters. The molecule has 0 heterocycles. The molecule has 0 atom stereocenters. The van der Waals surface area contributed by atoms with Gasteiger partial charge >= 0.3 is 0 Å². The third kappa shape index (κ3) is 5.95. The first kappa shape index (κ1) is 14.2. The summed E-state index contributed by atoms with van der Waals surface area (Å²) in [7, 11) is 0. The summed E-state index contributed by atoms with van der Waals surface area (Å²) in [6.45, 7) is 2.15. The molecule has 0 aliphatic heterocycles. The molecule has 0 spiro atoms. The Kier molecular flexibility index (Phi) is 6.55. The summed E-state index contributed by atoms with van der Waals surface area (Å²) in [6, 6.07) is 21.3. The summed E-state index contributed by atoms with van der Waals surface area (Å²) in [4.78, 5) is 0. The van der Waals surface area contributed by atoms with Gasteiger partial charge in [-0.25, -0.2) is 0 Å². The van der Waals surface area contributed by atoms with Crippen LogP contribution in [0.3, 0.4) is 0 Å². The summed E-state index contributed by atoms with van der Waals surface area (Å²) in [5, 5.41) is 3.50. The molecule has 0 aliphatic rings. The van der Waals surface area contributed by atoms with E-state index in [9.17, 15) is 0 Å². The Bertz CT molecular complexity index is 398. The van der Waals surface area contributed by atoms with Gasteiger partial charge in [0, 0.05) is 18.1 Å². The minimum atomic E-state index is 1.07. The van der Waals surface area contributed by atoms with Crippen molar-refractivity contribution in [1.82, 2.24) is 5.32 Å². The maximum atomic E-state index is 3.50. The molecule has 0 saturated carbocycles. The molecule has 0 amide bonds. The lowest BCUT2D eigenvalue weighted by Crippen LogP contribution is -2.20. The number of hydrogen-bond donors (Lipinski definition) is 1. The summed E-state index contributed by atoms with van der Waals surface area (Å²) >= 11 is 1.99. The van der Waals surface area contributed by atoms with Crippen molar-refractivity contribution >= 4 is 11.8 Å². The Labute approximate surface area is 120 Å². The highest BCUT2D eigenvalue weighted by Crippen LogP contribution is 2.10. The normalized spacial score (nSPS) is 10.5. The monoisotopic (exact) mass is 271 g/mol. The second kappa shape index (κ2) is 8.78. The van der Waals surface area contributed by atoms with Crippen LogP contribution >= 0.6 is 11.8 Å². The Morgan fingerprint density at radius 1 is 0.737 bits per heavy atom. The smallest absolute Gasteiger partial charge is 0.0185 e. The number of rotatable bonds is 8. The lowest BCUT2D eigenvalue weighted by atomic mass is 10.1. The zero-order valence-corrected chi connectivity index (χ0v) is 12.0. The van der Waals surface area contributed by atoms with E-state index in [1.807, 2.05) is 11.8 Å². The molecule has 2 aromatic rings. The maximum Gasteiger partial charge on any atom is 0.0185 e. The van der Waals surface area contributed by atoms with Crippen molar-refractivity contribution in [2.75, 3.05) is 18.8 Å². The van der Waals surface area contributed by atoms with E-state index in [-0.39, 0.29) is 0 Å². The maximum absolute atomic E-state index is 3.50. The molecule has 2 aromatic carbocycles. The molecular formula is C17H21NS. The largest absolute Gasteiger partial charge is 0.316 e. The topological polar surface area (TPSA) is 12.0 Å². The Hall–Kier alpha value is -1.25. The molecule has 2 rings (SSSR count). The Balaban J connectivity index is 1.49. The minimum absolute atomic E-state index is 1.07. The van der Waals surface area contributed by atoms with Crippen molar-refractivity contribution in [3.05, 3.63) is 71.8 Å². The van der Waals surface area contributed by atoms with Crippen LogP contribution in [0.25, 0.3) is 0 Å². The summed E-state index contributed by atoms with van der Waals surface area (Å²) in [6.07, 6.45) is 1.12. The van der Waals surface area contributed by atoms with Gasteiger partial charge in [0.05, 0.1) is 0 Å². The zero-order chi connectivity index (χ0) is 13.2. The van der Waals surface area contributed by atoms with Crippen molar-refractivity contribution in [3.63, 3.8) is 0 Å². The molecule has 0 aliphatic carbocycles. The number of nitrogens with one attached hydrogen (secondary N) is 1. The van der Waals surface area contributed by atoms with Gasteiger partial charge in [0.25, 0.3) is 0 Å². The molecule has 0 fully saturated rings. The van der Waals surface area contributed by atoms with Crippen LogP contribution in [-0.4, -0.2) is 18.8 Å². The quantitative estimate of drug-likeness (QED) is 0.734. The van der Waals surface area contributed by atoms with Gasteiger partial charge < -0.3 is 5.32 Å². The molecule has 0 bridgehead atoms. The highest BCUT2D eigenvalue weighted by Gasteiger charge is 1.94. The van der Waals surface area contributed by atoms with Crippen LogP contribution in [0.1, 0.15) is 11.1 Å². The van der Waals surface area contributed by atoms with Gasteiger partial charge in [0.1, 0.15) is 0 Å². The van der Waals surface area contributed by atoms with E-state index < -0.39 is 0 Å². The first-order valence-corrected chi connectivity index (χ1v) is 7.97. The van der Waals surface area contributed by atoms with Gasteiger partial charge in [0.2, 0.25) is 0 Å². The molecule has 1 N–H and O–H groups in total. The molecule has 2 heteroatoms. The second-order valence-electron chi connectivity index (χ2n) is 4.52. The van der Waals surface area contributed by atoms with Crippen LogP contribution in [0.2, 0.25) is 0 Å². The molecule has 0 saturated heterocycles. The van der Waals surface area contributed by atoms with Crippen molar-refractivity contribution in [1.29, 1.82) is 0 Å². The lowest BCUT2D eigenvalue weighted by molar-refractivity contribution is 0.721. The fourth-order valence-electron chi connectivity index (χ4n) is 1.91. The van der Waals surface area contributed by atoms with Gasteiger partial charge in [-0.05, 0) is 24.1 Å². The van der Waals surface area contributed by atoms with Gasteiger partial charge in [-0.2, -0.15) is 11.8 Å². The van der Waals surface area contributed by atoms with Crippen molar-refractivity contribution < 1.29 is 0 Å². The standard InChI is InChI=1S/C17H21NS/c1-3-7-16(8-4-1)11-12-18-13-14-19-15-17-9-5-2-6-10-17/h1-10,18H,11-15H2. The molecule has 0 radical (unpaired) electrons.